The van der Waals surface area contributed by atoms with Crippen LogP contribution in [0.2, 0.25) is 0 Å². The number of nitrogens with zero attached hydrogens (tertiary/aromatic N) is 2. The fraction of sp³-hybridized carbons (Fsp3) is 0.250. The molecule has 2 heteroatoms. The maximum Gasteiger partial charge on any atom is 0.0978 e. The average molecular weight is 653 g/mol. The van der Waals surface area contributed by atoms with Crippen molar-refractivity contribution in [3.05, 3.63) is 176 Å². The molecule has 0 saturated heterocycles. The van der Waals surface area contributed by atoms with E-state index in [1.165, 1.54) is 66.4 Å². The first-order chi connectivity index (χ1) is 23.8. The molecule has 1 aliphatic carbocycles. The summed E-state index contributed by atoms with van der Waals surface area (Å²) in [6.07, 6.45) is 0. The second kappa shape index (κ2) is 12.4. The third-order valence-corrected chi connectivity index (χ3v) is 11.2. The summed E-state index contributed by atoms with van der Waals surface area (Å²) in [6.45, 7) is 22.4. The van der Waals surface area contributed by atoms with Crippen molar-refractivity contribution >= 4 is 33.6 Å². The number of rotatable bonds is 6. The van der Waals surface area contributed by atoms with Crippen LogP contribution >= 0.6 is 0 Å². The van der Waals surface area contributed by atoms with Gasteiger partial charge in [-0.2, -0.15) is 0 Å². The summed E-state index contributed by atoms with van der Waals surface area (Å²) >= 11 is 0. The molecule has 6 aromatic carbocycles. The maximum atomic E-state index is 5.62. The third kappa shape index (κ3) is 5.71. The zero-order chi connectivity index (χ0) is 35.5. The minimum absolute atomic E-state index is 0.265. The van der Waals surface area contributed by atoms with Crippen molar-refractivity contribution in [1.82, 2.24) is 0 Å². The van der Waals surface area contributed by atoms with E-state index in [9.17, 15) is 0 Å². The van der Waals surface area contributed by atoms with E-state index in [0.29, 0.717) is 0 Å². The van der Waals surface area contributed by atoms with Gasteiger partial charge in [-0.15, -0.1) is 0 Å². The van der Waals surface area contributed by atoms with E-state index in [0.717, 1.165) is 33.9 Å². The van der Waals surface area contributed by atoms with Gasteiger partial charge in [0.05, 0.1) is 22.8 Å². The van der Waals surface area contributed by atoms with Gasteiger partial charge in [0.2, 0.25) is 0 Å². The van der Waals surface area contributed by atoms with E-state index in [-0.39, 0.29) is 10.8 Å². The molecule has 1 aliphatic rings. The van der Waals surface area contributed by atoms with Crippen molar-refractivity contribution in [2.24, 2.45) is 9.98 Å². The molecular formula is C48H48N2. The molecule has 50 heavy (non-hydrogen) atoms. The molecule has 0 bridgehead atoms. The number of aryl methyl sites for hydroxylation is 6. The fourth-order valence-electron chi connectivity index (χ4n) is 7.53. The van der Waals surface area contributed by atoms with E-state index < -0.39 is 0 Å². The van der Waals surface area contributed by atoms with Crippen molar-refractivity contribution < 1.29 is 0 Å². The van der Waals surface area contributed by atoms with Crippen LogP contribution in [-0.4, -0.2) is 11.4 Å². The van der Waals surface area contributed by atoms with Gasteiger partial charge in [0.15, 0.2) is 0 Å². The zero-order valence-electron chi connectivity index (χ0n) is 31.3. The van der Waals surface area contributed by atoms with Gasteiger partial charge >= 0.3 is 0 Å². The zero-order valence-corrected chi connectivity index (χ0v) is 31.3. The Bertz CT molecular complexity index is 2220. The van der Waals surface area contributed by atoms with Crippen LogP contribution in [0.1, 0.15) is 94.5 Å². The van der Waals surface area contributed by atoms with Crippen molar-refractivity contribution in [3.8, 4) is 0 Å². The number of hydrogen-bond acceptors (Lipinski definition) is 2. The van der Waals surface area contributed by atoms with Crippen molar-refractivity contribution in [2.75, 3.05) is 0 Å². The molecule has 0 radical (unpaired) electrons. The lowest BCUT2D eigenvalue weighted by Gasteiger charge is -2.29. The van der Waals surface area contributed by atoms with E-state index in [2.05, 4.69) is 178 Å². The minimum Gasteiger partial charge on any atom is -0.246 e. The molecule has 250 valence electrons. The van der Waals surface area contributed by atoms with Gasteiger partial charge < -0.3 is 0 Å². The second-order valence-corrected chi connectivity index (χ2v) is 15.5. The van der Waals surface area contributed by atoms with Gasteiger partial charge in [0.1, 0.15) is 0 Å². The largest absolute Gasteiger partial charge is 0.246 e. The Morgan fingerprint density at radius 3 is 1.24 bits per heavy atom. The molecule has 0 atom stereocenters. The molecule has 0 spiro atoms. The highest BCUT2D eigenvalue weighted by molar-refractivity contribution is 6.61. The monoisotopic (exact) mass is 652 g/mol. The van der Waals surface area contributed by atoms with Crippen LogP contribution in [0.5, 0.6) is 0 Å². The molecule has 2 nitrogen and oxygen atoms in total. The summed E-state index contributed by atoms with van der Waals surface area (Å²) in [5.41, 5.74) is 18.2. The van der Waals surface area contributed by atoms with E-state index in [1.54, 1.807) is 0 Å². The number of aliphatic imine (C=N–C) groups is 2. The normalized spacial score (nSPS) is 14.7. The molecule has 0 N–H and O–H groups in total. The van der Waals surface area contributed by atoms with Gasteiger partial charge in [-0.25, -0.2) is 9.98 Å². The minimum atomic E-state index is -0.265. The summed E-state index contributed by atoms with van der Waals surface area (Å²) in [4.78, 5) is 11.2. The van der Waals surface area contributed by atoms with Crippen LogP contribution in [0.25, 0.3) is 10.8 Å². The highest BCUT2D eigenvalue weighted by Gasteiger charge is 2.32. The first-order valence-electron chi connectivity index (χ1n) is 17.8. The Kier molecular flexibility index (Phi) is 8.26. The smallest absolute Gasteiger partial charge is 0.0978 e. The predicted molar refractivity (Wildman–Crippen MR) is 215 cm³/mol. The van der Waals surface area contributed by atoms with Gasteiger partial charge in [-0.3, -0.25) is 0 Å². The van der Waals surface area contributed by atoms with Crippen molar-refractivity contribution in [1.29, 1.82) is 0 Å². The lowest BCUT2D eigenvalue weighted by molar-refractivity contribution is 0.640. The maximum absolute atomic E-state index is 5.62. The van der Waals surface area contributed by atoms with Crippen LogP contribution in [-0.2, 0) is 10.8 Å². The molecule has 0 unspecified atom stereocenters. The molecule has 0 aliphatic heterocycles. The summed E-state index contributed by atoms with van der Waals surface area (Å²) < 4.78 is 0. The predicted octanol–water partition coefficient (Wildman–Crippen LogP) is 12.6. The Morgan fingerprint density at radius 2 is 0.840 bits per heavy atom. The van der Waals surface area contributed by atoms with Gasteiger partial charge in [-0.05, 0) is 104 Å². The van der Waals surface area contributed by atoms with E-state index in [1.807, 2.05) is 0 Å². The molecule has 0 aromatic heterocycles. The highest BCUT2D eigenvalue weighted by atomic mass is 14.8. The quantitative estimate of drug-likeness (QED) is 0.171. The highest BCUT2D eigenvalue weighted by Crippen LogP contribution is 2.43. The fourth-order valence-corrected chi connectivity index (χ4v) is 7.53. The lowest BCUT2D eigenvalue weighted by atomic mass is 9.76. The van der Waals surface area contributed by atoms with Crippen molar-refractivity contribution in [3.63, 3.8) is 0 Å². The Balaban J connectivity index is 1.46. The topological polar surface area (TPSA) is 24.7 Å². The van der Waals surface area contributed by atoms with Crippen LogP contribution in [0.4, 0.5) is 11.4 Å². The first-order valence-corrected chi connectivity index (χ1v) is 17.8. The number of hydrogen-bond donors (Lipinski definition) is 0. The third-order valence-electron chi connectivity index (χ3n) is 11.2. The SMILES string of the molecule is Cc1ccc(N=C2C(=Nc3ccc(C)cc3C(C)(C)c3ccc(C)c(C)c3)c3cccc4cccc2c34)c(C(C)(C)c2ccc(C)c(C)c2)c1. The second-order valence-electron chi connectivity index (χ2n) is 15.5. The summed E-state index contributed by atoms with van der Waals surface area (Å²) in [6, 6.07) is 40.2. The van der Waals surface area contributed by atoms with Crippen LogP contribution < -0.4 is 0 Å². The standard InChI is InChI=1S/C48H48N2/c1-29-17-23-42(40(25-29)47(7,8)36-21-19-31(3)33(5)27-36)49-45-38-15-11-13-35-14-12-16-39(44(35)38)46(45)50-43-24-18-30(2)26-41(43)48(9,10)37-22-20-32(4)34(6)28-37/h11-28H,1-10H3. The summed E-state index contributed by atoms with van der Waals surface area (Å²) in [7, 11) is 0. The van der Waals surface area contributed by atoms with Crippen LogP contribution in [0.15, 0.2) is 119 Å². The van der Waals surface area contributed by atoms with Gasteiger partial charge in [0, 0.05) is 27.3 Å². The van der Waals surface area contributed by atoms with Crippen LogP contribution in [0.3, 0.4) is 0 Å². The average Bonchev–Trinajstić information content (AvgIpc) is 3.38. The molecule has 0 saturated carbocycles. The van der Waals surface area contributed by atoms with Crippen LogP contribution in [0, 0.1) is 41.5 Å². The molecule has 0 fully saturated rings. The Labute approximate surface area is 298 Å². The first kappa shape index (κ1) is 33.4. The lowest BCUT2D eigenvalue weighted by Crippen LogP contribution is -2.21. The molecular weight excluding hydrogens is 605 g/mol. The number of benzene rings is 6. The van der Waals surface area contributed by atoms with Gasteiger partial charge in [0.25, 0.3) is 0 Å². The van der Waals surface area contributed by atoms with E-state index >= 15 is 0 Å². The summed E-state index contributed by atoms with van der Waals surface area (Å²) in [5.74, 6) is 0. The molecule has 7 rings (SSSR count). The Morgan fingerprint density at radius 1 is 0.420 bits per heavy atom. The molecule has 0 amide bonds. The molecule has 0 heterocycles. The van der Waals surface area contributed by atoms with Gasteiger partial charge in [-0.1, -0.05) is 136 Å². The van der Waals surface area contributed by atoms with E-state index in [4.69, 9.17) is 9.98 Å². The summed E-state index contributed by atoms with van der Waals surface area (Å²) in [5, 5.41) is 2.42. The Hall–Kier alpha value is -5.08. The molecule has 6 aromatic rings. The van der Waals surface area contributed by atoms with Crippen molar-refractivity contribution in [2.45, 2.75) is 80.1 Å².